The summed E-state index contributed by atoms with van der Waals surface area (Å²) in [5.74, 6) is 0.842. The molecule has 1 unspecified atom stereocenters. The first-order valence-corrected chi connectivity index (χ1v) is 6.08. The summed E-state index contributed by atoms with van der Waals surface area (Å²) in [5, 5.41) is 4.33. The van der Waals surface area contributed by atoms with E-state index in [0.29, 0.717) is 0 Å². The fourth-order valence-electron chi connectivity index (χ4n) is 1.82. The van der Waals surface area contributed by atoms with E-state index in [0.717, 1.165) is 17.0 Å². The molecule has 0 bridgehead atoms. The van der Waals surface area contributed by atoms with Gasteiger partial charge in [0.2, 0.25) is 0 Å². The van der Waals surface area contributed by atoms with Crippen molar-refractivity contribution in [3.05, 3.63) is 47.8 Å². The number of ether oxygens (including phenoxy) is 1. The van der Waals surface area contributed by atoms with Crippen molar-refractivity contribution in [2.24, 2.45) is 12.8 Å². The van der Waals surface area contributed by atoms with Crippen LogP contribution in [0.2, 0.25) is 0 Å². The molecule has 0 saturated carbocycles. The molecule has 4 nitrogen and oxygen atoms in total. The van der Waals surface area contributed by atoms with Crippen molar-refractivity contribution in [1.29, 1.82) is 0 Å². The molecule has 2 rings (SSSR count). The Kier molecular flexibility index (Phi) is 3.67. The maximum absolute atomic E-state index is 6.20. The van der Waals surface area contributed by atoms with Crippen molar-refractivity contribution in [3.63, 3.8) is 0 Å². The number of hydrogen-bond donors (Lipinski definition) is 1. The molecule has 2 aromatic rings. The van der Waals surface area contributed by atoms with E-state index in [4.69, 9.17) is 10.5 Å². The highest BCUT2D eigenvalue weighted by molar-refractivity contribution is 5.34. The van der Waals surface area contributed by atoms with Crippen molar-refractivity contribution in [3.8, 4) is 5.75 Å². The Morgan fingerprint density at radius 1 is 1.28 bits per heavy atom. The summed E-state index contributed by atoms with van der Waals surface area (Å²) >= 11 is 0. The van der Waals surface area contributed by atoms with Gasteiger partial charge in [0.15, 0.2) is 0 Å². The van der Waals surface area contributed by atoms with Gasteiger partial charge in [-0.15, -0.1) is 0 Å². The van der Waals surface area contributed by atoms with E-state index in [1.807, 2.05) is 57.4 Å². The molecule has 0 aliphatic carbocycles. The molecule has 0 spiro atoms. The van der Waals surface area contributed by atoms with E-state index in [2.05, 4.69) is 5.10 Å². The number of nitrogens with zero attached hydrogens (tertiary/aromatic N) is 2. The average Bonchev–Trinajstić information content (AvgIpc) is 2.74. The lowest BCUT2D eigenvalue weighted by atomic mass is 10.0. The molecule has 2 N–H and O–H groups in total. The van der Waals surface area contributed by atoms with Gasteiger partial charge < -0.3 is 10.5 Å². The minimum absolute atomic E-state index is 0.159. The Labute approximate surface area is 107 Å². The molecule has 0 aliphatic rings. The summed E-state index contributed by atoms with van der Waals surface area (Å²) < 4.78 is 7.42. The molecule has 18 heavy (non-hydrogen) atoms. The van der Waals surface area contributed by atoms with Crippen LogP contribution in [-0.2, 0) is 7.05 Å². The van der Waals surface area contributed by atoms with Gasteiger partial charge in [0.05, 0.1) is 17.8 Å². The van der Waals surface area contributed by atoms with E-state index in [1.54, 1.807) is 4.68 Å². The van der Waals surface area contributed by atoms with Crippen LogP contribution in [0.25, 0.3) is 0 Å². The third-order valence-electron chi connectivity index (χ3n) is 2.64. The Balaban J connectivity index is 2.22. The van der Waals surface area contributed by atoms with Crippen LogP contribution in [-0.4, -0.2) is 15.9 Å². The molecule has 0 saturated heterocycles. The Bertz CT molecular complexity index is 519. The van der Waals surface area contributed by atoms with Crippen molar-refractivity contribution in [2.75, 3.05) is 0 Å². The lowest BCUT2D eigenvalue weighted by molar-refractivity contribution is 0.242. The molecule has 1 aromatic heterocycles. The second-order valence-electron chi connectivity index (χ2n) is 4.63. The van der Waals surface area contributed by atoms with Gasteiger partial charge >= 0.3 is 0 Å². The molecule has 96 valence electrons. The van der Waals surface area contributed by atoms with Gasteiger partial charge in [-0.1, -0.05) is 12.1 Å². The molecule has 1 heterocycles. The molecule has 1 aromatic carbocycles. The standard InChI is InChI=1S/C14H19N3O/c1-10(2)18-12-6-4-5-11(9-12)14(15)13-7-8-17(3)16-13/h4-10,14H,15H2,1-3H3. The van der Waals surface area contributed by atoms with Crippen molar-refractivity contribution >= 4 is 0 Å². The van der Waals surface area contributed by atoms with Crippen LogP contribution in [0.1, 0.15) is 31.1 Å². The molecule has 0 radical (unpaired) electrons. The van der Waals surface area contributed by atoms with Gasteiger partial charge in [0.1, 0.15) is 5.75 Å². The van der Waals surface area contributed by atoms with Crippen molar-refractivity contribution < 1.29 is 4.74 Å². The summed E-state index contributed by atoms with van der Waals surface area (Å²) in [7, 11) is 1.88. The first-order valence-electron chi connectivity index (χ1n) is 6.08. The molecular weight excluding hydrogens is 226 g/mol. The van der Waals surface area contributed by atoms with Gasteiger partial charge in [0, 0.05) is 13.2 Å². The zero-order chi connectivity index (χ0) is 13.1. The van der Waals surface area contributed by atoms with E-state index in [9.17, 15) is 0 Å². The lowest BCUT2D eigenvalue weighted by Gasteiger charge is -2.13. The first kappa shape index (κ1) is 12.6. The predicted octanol–water partition coefficient (Wildman–Crippen LogP) is 2.26. The molecular formula is C14H19N3O. The van der Waals surface area contributed by atoms with Gasteiger partial charge in [-0.3, -0.25) is 4.68 Å². The smallest absolute Gasteiger partial charge is 0.120 e. The second-order valence-corrected chi connectivity index (χ2v) is 4.63. The van der Waals surface area contributed by atoms with Crippen LogP contribution >= 0.6 is 0 Å². The zero-order valence-corrected chi connectivity index (χ0v) is 11.0. The highest BCUT2D eigenvalue weighted by Gasteiger charge is 2.12. The van der Waals surface area contributed by atoms with E-state index in [1.165, 1.54) is 0 Å². The Morgan fingerprint density at radius 3 is 2.67 bits per heavy atom. The van der Waals surface area contributed by atoms with Crippen LogP contribution in [0.5, 0.6) is 5.75 Å². The number of hydrogen-bond acceptors (Lipinski definition) is 3. The third-order valence-corrected chi connectivity index (χ3v) is 2.64. The molecule has 0 amide bonds. The largest absolute Gasteiger partial charge is 0.491 e. The lowest BCUT2D eigenvalue weighted by Crippen LogP contribution is -2.13. The summed E-state index contributed by atoms with van der Waals surface area (Å²) in [6, 6.07) is 9.57. The number of rotatable bonds is 4. The van der Waals surface area contributed by atoms with Gasteiger partial charge in [-0.05, 0) is 37.6 Å². The first-order chi connectivity index (χ1) is 8.56. The van der Waals surface area contributed by atoms with Crippen LogP contribution in [0.4, 0.5) is 0 Å². The molecule has 4 heteroatoms. The van der Waals surface area contributed by atoms with E-state index < -0.39 is 0 Å². The zero-order valence-electron chi connectivity index (χ0n) is 11.0. The Hall–Kier alpha value is -1.81. The summed E-state index contributed by atoms with van der Waals surface area (Å²) in [6.45, 7) is 4.01. The summed E-state index contributed by atoms with van der Waals surface area (Å²) in [4.78, 5) is 0. The summed E-state index contributed by atoms with van der Waals surface area (Å²) in [6.07, 6.45) is 2.05. The number of aromatic nitrogens is 2. The van der Waals surface area contributed by atoms with Gasteiger partial charge in [0.25, 0.3) is 0 Å². The topological polar surface area (TPSA) is 53.1 Å². The molecule has 0 aliphatic heterocycles. The molecule has 1 atom stereocenters. The SMILES string of the molecule is CC(C)Oc1cccc(C(N)c2ccn(C)n2)c1. The highest BCUT2D eigenvalue weighted by Crippen LogP contribution is 2.22. The number of aryl methyl sites for hydroxylation is 1. The average molecular weight is 245 g/mol. The van der Waals surface area contributed by atoms with E-state index in [-0.39, 0.29) is 12.1 Å². The highest BCUT2D eigenvalue weighted by atomic mass is 16.5. The Morgan fingerprint density at radius 2 is 2.06 bits per heavy atom. The predicted molar refractivity (Wildman–Crippen MR) is 71.4 cm³/mol. The maximum Gasteiger partial charge on any atom is 0.120 e. The van der Waals surface area contributed by atoms with Crippen LogP contribution in [0.3, 0.4) is 0 Å². The fraction of sp³-hybridized carbons (Fsp3) is 0.357. The second kappa shape index (κ2) is 5.23. The fourth-order valence-corrected chi connectivity index (χ4v) is 1.82. The van der Waals surface area contributed by atoms with Crippen molar-refractivity contribution in [2.45, 2.75) is 26.0 Å². The van der Waals surface area contributed by atoms with Gasteiger partial charge in [-0.2, -0.15) is 5.10 Å². The summed E-state index contributed by atoms with van der Waals surface area (Å²) in [5.41, 5.74) is 8.06. The van der Waals surface area contributed by atoms with Crippen molar-refractivity contribution in [1.82, 2.24) is 9.78 Å². The maximum atomic E-state index is 6.20. The van der Waals surface area contributed by atoms with Gasteiger partial charge in [-0.25, -0.2) is 0 Å². The third kappa shape index (κ3) is 2.90. The minimum atomic E-state index is -0.220. The monoisotopic (exact) mass is 245 g/mol. The number of nitrogens with two attached hydrogens (primary N) is 1. The van der Waals surface area contributed by atoms with E-state index >= 15 is 0 Å². The van der Waals surface area contributed by atoms with Crippen LogP contribution in [0.15, 0.2) is 36.5 Å². The molecule has 0 fully saturated rings. The number of benzene rings is 1. The van der Waals surface area contributed by atoms with Crippen LogP contribution in [0, 0.1) is 0 Å². The minimum Gasteiger partial charge on any atom is -0.491 e. The quantitative estimate of drug-likeness (QED) is 0.899. The van der Waals surface area contributed by atoms with Crippen LogP contribution < -0.4 is 10.5 Å². The normalized spacial score (nSPS) is 12.7.